The predicted molar refractivity (Wildman–Crippen MR) is 64.3 cm³/mol. The molecule has 2 unspecified atom stereocenters. The van der Waals surface area contributed by atoms with Gasteiger partial charge in [0.05, 0.1) is 6.04 Å². The van der Waals surface area contributed by atoms with E-state index in [1.807, 2.05) is 25.1 Å². The molecule has 0 saturated carbocycles. The summed E-state index contributed by atoms with van der Waals surface area (Å²) in [7, 11) is 0. The van der Waals surface area contributed by atoms with E-state index < -0.39 is 0 Å². The number of hydrogen-bond acceptors (Lipinski definition) is 2. The average Bonchev–Trinajstić information content (AvgIpc) is 2.22. The van der Waals surface area contributed by atoms with Gasteiger partial charge in [0.25, 0.3) is 0 Å². The summed E-state index contributed by atoms with van der Waals surface area (Å²) in [6.45, 7) is 1.98. The fourth-order valence-electron chi connectivity index (χ4n) is 2.11. The first-order chi connectivity index (χ1) is 7.58. The summed E-state index contributed by atoms with van der Waals surface area (Å²) in [5.74, 6) is 0.0704. The molecule has 1 aliphatic rings. The number of benzene rings is 1. The van der Waals surface area contributed by atoms with Gasteiger partial charge in [-0.15, -0.1) is 0 Å². The topological polar surface area (TPSA) is 55.1 Å². The number of carbonyl (C=O) groups excluding carboxylic acids is 1. The van der Waals surface area contributed by atoms with E-state index in [4.69, 9.17) is 17.3 Å². The number of carbonyl (C=O) groups is 1. The summed E-state index contributed by atoms with van der Waals surface area (Å²) in [5, 5.41) is 3.64. The molecule has 4 heteroatoms. The van der Waals surface area contributed by atoms with Crippen LogP contribution in [0.5, 0.6) is 0 Å². The highest BCUT2D eigenvalue weighted by molar-refractivity contribution is 6.30. The van der Waals surface area contributed by atoms with Gasteiger partial charge in [-0.1, -0.05) is 17.7 Å². The minimum absolute atomic E-state index is 0.0161. The van der Waals surface area contributed by atoms with E-state index >= 15 is 0 Å². The van der Waals surface area contributed by atoms with Gasteiger partial charge < -0.3 is 11.1 Å². The minimum Gasteiger partial charge on any atom is -0.348 e. The SMILES string of the molecule is Cc1cc(Cl)ccc1C1NC(=O)CCC1N. The van der Waals surface area contributed by atoms with Crippen molar-refractivity contribution < 1.29 is 4.79 Å². The van der Waals surface area contributed by atoms with E-state index in [-0.39, 0.29) is 18.0 Å². The Morgan fingerprint density at radius 1 is 1.50 bits per heavy atom. The molecular formula is C12H15ClN2O. The fourth-order valence-corrected chi connectivity index (χ4v) is 2.34. The molecule has 1 aromatic carbocycles. The number of nitrogens with one attached hydrogen (secondary N) is 1. The summed E-state index contributed by atoms with van der Waals surface area (Å²) < 4.78 is 0. The van der Waals surface area contributed by atoms with Gasteiger partial charge in [0, 0.05) is 17.5 Å². The third kappa shape index (κ3) is 2.20. The van der Waals surface area contributed by atoms with Crippen molar-refractivity contribution in [2.75, 3.05) is 0 Å². The summed E-state index contributed by atoms with van der Waals surface area (Å²) in [4.78, 5) is 11.4. The highest BCUT2D eigenvalue weighted by Crippen LogP contribution is 2.27. The van der Waals surface area contributed by atoms with E-state index in [9.17, 15) is 4.79 Å². The molecule has 1 aliphatic heterocycles. The zero-order valence-electron chi connectivity index (χ0n) is 9.16. The maximum absolute atomic E-state index is 11.4. The van der Waals surface area contributed by atoms with Gasteiger partial charge in [0.1, 0.15) is 0 Å². The summed E-state index contributed by atoms with van der Waals surface area (Å²) >= 11 is 5.90. The second-order valence-corrected chi connectivity index (χ2v) is 4.69. The normalized spacial score (nSPS) is 25.3. The second-order valence-electron chi connectivity index (χ2n) is 4.25. The number of halogens is 1. The molecule has 0 aliphatic carbocycles. The lowest BCUT2D eigenvalue weighted by Gasteiger charge is -2.30. The van der Waals surface area contributed by atoms with Crippen LogP contribution >= 0.6 is 11.6 Å². The van der Waals surface area contributed by atoms with Gasteiger partial charge in [0.2, 0.25) is 5.91 Å². The van der Waals surface area contributed by atoms with Gasteiger partial charge in [-0.3, -0.25) is 4.79 Å². The van der Waals surface area contributed by atoms with Crippen LogP contribution in [0.25, 0.3) is 0 Å². The van der Waals surface area contributed by atoms with Crippen LogP contribution in [0.4, 0.5) is 0 Å². The van der Waals surface area contributed by atoms with E-state index in [1.165, 1.54) is 0 Å². The zero-order chi connectivity index (χ0) is 11.7. The molecule has 1 fully saturated rings. The molecule has 0 bridgehead atoms. The highest BCUT2D eigenvalue weighted by atomic mass is 35.5. The first kappa shape index (κ1) is 11.4. The monoisotopic (exact) mass is 238 g/mol. The molecule has 1 amide bonds. The van der Waals surface area contributed by atoms with Gasteiger partial charge in [-0.2, -0.15) is 0 Å². The van der Waals surface area contributed by atoms with Crippen LogP contribution in [-0.2, 0) is 4.79 Å². The Morgan fingerprint density at radius 3 is 2.94 bits per heavy atom. The molecule has 0 radical (unpaired) electrons. The van der Waals surface area contributed by atoms with Crippen LogP contribution in [0.2, 0.25) is 5.02 Å². The predicted octanol–water partition coefficient (Wildman–Crippen LogP) is 1.93. The molecule has 2 rings (SSSR count). The van der Waals surface area contributed by atoms with Crippen LogP contribution in [0.1, 0.15) is 30.0 Å². The van der Waals surface area contributed by atoms with Gasteiger partial charge in [0.15, 0.2) is 0 Å². The molecule has 2 atom stereocenters. The first-order valence-electron chi connectivity index (χ1n) is 5.39. The quantitative estimate of drug-likeness (QED) is 0.786. The second kappa shape index (κ2) is 4.44. The molecular weight excluding hydrogens is 224 g/mol. The standard InChI is InChI=1S/C12H15ClN2O/c1-7-6-8(13)2-3-9(7)12-10(14)4-5-11(16)15-12/h2-3,6,10,12H,4-5,14H2,1H3,(H,15,16). The molecule has 16 heavy (non-hydrogen) atoms. The number of hydrogen-bond donors (Lipinski definition) is 2. The summed E-state index contributed by atoms with van der Waals surface area (Å²) in [6, 6.07) is 5.56. The van der Waals surface area contributed by atoms with E-state index in [0.717, 1.165) is 17.5 Å². The molecule has 0 spiro atoms. The smallest absolute Gasteiger partial charge is 0.220 e. The van der Waals surface area contributed by atoms with Crippen LogP contribution < -0.4 is 11.1 Å². The first-order valence-corrected chi connectivity index (χ1v) is 5.76. The number of aryl methyl sites for hydroxylation is 1. The van der Waals surface area contributed by atoms with Crippen LogP contribution in [0.15, 0.2) is 18.2 Å². The third-order valence-electron chi connectivity index (χ3n) is 3.02. The third-order valence-corrected chi connectivity index (χ3v) is 3.25. The molecule has 3 N–H and O–H groups in total. The van der Waals surface area contributed by atoms with Crippen molar-refractivity contribution in [3.05, 3.63) is 34.3 Å². The molecule has 86 valence electrons. The number of nitrogens with two attached hydrogens (primary N) is 1. The Kier molecular flexibility index (Phi) is 3.17. The minimum atomic E-state index is -0.0847. The Morgan fingerprint density at radius 2 is 2.25 bits per heavy atom. The number of amides is 1. The van der Waals surface area contributed by atoms with Crippen LogP contribution in [0, 0.1) is 6.92 Å². The average molecular weight is 239 g/mol. The van der Waals surface area contributed by atoms with Crippen molar-refractivity contribution in [1.82, 2.24) is 5.32 Å². The Balaban J connectivity index is 2.31. The summed E-state index contributed by atoms with van der Waals surface area (Å²) in [5.41, 5.74) is 8.16. The van der Waals surface area contributed by atoms with E-state index in [2.05, 4.69) is 5.32 Å². The molecule has 1 heterocycles. The number of rotatable bonds is 1. The van der Waals surface area contributed by atoms with E-state index in [0.29, 0.717) is 11.4 Å². The fraction of sp³-hybridized carbons (Fsp3) is 0.417. The zero-order valence-corrected chi connectivity index (χ0v) is 9.92. The molecule has 3 nitrogen and oxygen atoms in total. The van der Waals surface area contributed by atoms with Crippen molar-refractivity contribution >= 4 is 17.5 Å². The largest absolute Gasteiger partial charge is 0.348 e. The maximum atomic E-state index is 11.4. The number of piperidine rings is 1. The van der Waals surface area contributed by atoms with Crippen molar-refractivity contribution in [3.63, 3.8) is 0 Å². The van der Waals surface area contributed by atoms with E-state index in [1.54, 1.807) is 0 Å². The van der Waals surface area contributed by atoms with Crippen LogP contribution in [-0.4, -0.2) is 11.9 Å². The van der Waals surface area contributed by atoms with Gasteiger partial charge in [-0.05, 0) is 36.6 Å². The highest BCUT2D eigenvalue weighted by Gasteiger charge is 2.27. The Labute approximate surface area is 100.0 Å². The lowest BCUT2D eigenvalue weighted by atomic mass is 9.90. The molecule has 1 saturated heterocycles. The Hall–Kier alpha value is -1.06. The van der Waals surface area contributed by atoms with Crippen molar-refractivity contribution in [1.29, 1.82) is 0 Å². The van der Waals surface area contributed by atoms with Crippen molar-refractivity contribution in [2.45, 2.75) is 31.8 Å². The van der Waals surface area contributed by atoms with Crippen molar-refractivity contribution in [3.8, 4) is 0 Å². The lowest BCUT2D eigenvalue weighted by molar-refractivity contribution is -0.123. The van der Waals surface area contributed by atoms with Gasteiger partial charge in [-0.25, -0.2) is 0 Å². The van der Waals surface area contributed by atoms with Crippen molar-refractivity contribution in [2.24, 2.45) is 5.73 Å². The lowest BCUT2D eigenvalue weighted by Crippen LogP contribution is -2.46. The molecule has 1 aromatic rings. The maximum Gasteiger partial charge on any atom is 0.220 e. The Bertz CT molecular complexity index is 419. The molecule has 0 aromatic heterocycles. The van der Waals surface area contributed by atoms with Crippen LogP contribution in [0.3, 0.4) is 0 Å². The van der Waals surface area contributed by atoms with Gasteiger partial charge >= 0.3 is 0 Å². The summed E-state index contributed by atoms with van der Waals surface area (Å²) in [6.07, 6.45) is 1.25.